The minimum absolute atomic E-state index is 0.194. The van der Waals surface area contributed by atoms with Gasteiger partial charge >= 0.3 is 0 Å². The first-order chi connectivity index (χ1) is 5.97. The molecule has 1 N–H and O–H groups in total. The van der Waals surface area contributed by atoms with Crippen molar-refractivity contribution in [3.63, 3.8) is 0 Å². The Balaban J connectivity index is 2.21. The fourth-order valence-corrected chi connectivity index (χ4v) is 0.551. The van der Waals surface area contributed by atoms with E-state index >= 15 is 0 Å². The Labute approximate surface area is 66.2 Å². The molecule has 0 spiro atoms. The van der Waals surface area contributed by atoms with Crippen LogP contribution in [0.25, 0.3) is 0 Å². The predicted molar refractivity (Wildman–Crippen MR) is 35.5 cm³/mol. The van der Waals surface area contributed by atoms with E-state index in [1.54, 1.807) is 0 Å². The topological polar surface area (TPSA) is 104 Å². The van der Waals surface area contributed by atoms with Gasteiger partial charge in [-0.3, -0.25) is 0 Å². The van der Waals surface area contributed by atoms with E-state index in [4.69, 9.17) is 0 Å². The normalized spacial score (nSPS) is 14.5. The van der Waals surface area contributed by atoms with Crippen LogP contribution < -0.4 is 10.5 Å². The first-order valence-electron chi connectivity index (χ1n) is 2.88. The van der Waals surface area contributed by atoms with E-state index in [1.807, 2.05) is 0 Å². The molecule has 0 bridgehead atoms. The summed E-state index contributed by atoms with van der Waals surface area (Å²) in [5.74, 6) is 0.194. The van der Waals surface area contributed by atoms with E-state index in [1.165, 1.54) is 11.3 Å². The van der Waals surface area contributed by atoms with Crippen LogP contribution in [0.15, 0.2) is 21.9 Å². The summed E-state index contributed by atoms with van der Waals surface area (Å²) in [6.45, 7) is 0. The molecule has 0 saturated carbocycles. The number of aromatic nitrogens is 4. The minimum atomic E-state index is 0.194. The molecule has 2 heterocycles. The first-order valence-corrected chi connectivity index (χ1v) is 2.88. The van der Waals surface area contributed by atoms with Crippen LogP contribution in [0.5, 0.6) is 0 Å². The summed E-state index contributed by atoms with van der Waals surface area (Å²) in [6.07, 6.45) is 3.63. The third-order valence-corrected chi connectivity index (χ3v) is 0.977. The highest BCUT2D eigenvalue weighted by Gasteiger charge is 2.09. The molecule has 1 aliphatic heterocycles. The fraction of sp³-hybridized carbons (Fsp3) is 0. The molecular weight excluding hydrogens is 162 g/mol. The maximum Gasteiger partial charge on any atom is 0.290 e. The second-order valence-corrected chi connectivity index (χ2v) is 1.67. The second kappa shape index (κ2) is 2.82. The molecule has 1 aromatic rings. The Bertz CT molecular complexity index is 303. The number of hydrazine groups is 1. The Morgan fingerprint density at radius 1 is 1.33 bits per heavy atom. The maximum absolute atomic E-state index is 3.62. The summed E-state index contributed by atoms with van der Waals surface area (Å²) in [6, 6.07) is 0. The van der Waals surface area contributed by atoms with Crippen molar-refractivity contribution in [2.24, 2.45) is 15.5 Å². The molecule has 0 amide bonds. The van der Waals surface area contributed by atoms with Gasteiger partial charge in [-0.15, -0.1) is 25.5 Å². The summed E-state index contributed by atoms with van der Waals surface area (Å²) in [7, 11) is 0. The second-order valence-electron chi connectivity index (χ2n) is 1.67. The minimum Gasteiger partial charge on any atom is -0.189 e. The average Bonchev–Trinajstić information content (AvgIpc) is 2.21. The lowest BCUT2D eigenvalue weighted by molar-refractivity contribution is 0.654. The van der Waals surface area contributed by atoms with E-state index < -0.39 is 0 Å². The lowest BCUT2D eigenvalue weighted by atomic mass is 10.9. The Hall–Kier alpha value is -2.19. The smallest absolute Gasteiger partial charge is 0.189 e. The van der Waals surface area contributed by atoms with Crippen LogP contribution in [0.1, 0.15) is 0 Å². The predicted octanol–water partition coefficient (Wildman–Crippen LogP) is -1.22. The fourth-order valence-electron chi connectivity index (χ4n) is 0.551. The quantitative estimate of drug-likeness (QED) is 0.557. The van der Waals surface area contributed by atoms with Crippen molar-refractivity contribution in [1.29, 1.82) is 0 Å². The van der Waals surface area contributed by atoms with Gasteiger partial charge in [-0.05, 0) is 10.4 Å². The van der Waals surface area contributed by atoms with Crippen molar-refractivity contribution in [2.45, 2.75) is 0 Å². The molecule has 12 heavy (non-hydrogen) atoms. The average molecular weight is 164 g/mol. The van der Waals surface area contributed by atoms with Crippen molar-refractivity contribution in [3.05, 3.63) is 6.33 Å². The van der Waals surface area contributed by atoms with Gasteiger partial charge in [0.25, 0.3) is 5.95 Å². The van der Waals surface area contributed by atoms with Crippen molar-refractivity contribution >= 4 is 12.3 Å². The summed E-state index contributed by atoms with van der Waals surface area (Å²) < 4.78 is 0. The Kier molecular flexibility index (Phi) is 1.53. The van der Waals surface area contributed by atoms with Gasteiger partial charge in [0.2, 0.25) is 6.34 Å². The molecule has 0 atom stereocenters. The van der Waals surface area contributed by atoms with Crippen LogP contribution in [0.3, 0.4) is 0 Å². The van der Waals surface area contributed by atoms with Crippen LogP contribution in [0.2, 0.25) is 0 Å². The number of nitrogens with zero attached hydrogens (tertiary/aromatic N) is 8. The van der Waals surface area contributed by atoms with Crippen molar-refractivity contribution < 1.29 is 0 Å². The van der Waals surface area contributed by atoms with Gasteiger partial charge in [0.05, 0.1) is 0 Å². The molecule has 1 aliphatic rings. The van der Waals surface area contributed by atoms with Crippen molar-refractivity contribution in [1.82, 2.24) is 25.9 Å². The number of rotatable bonds is 1. The molecular formula is C3H2N9. The number of nitrogens with one attached hydrogen (secondary N) is 1. The molecule has 9 nitrogen and oxygen atoms in total. The molecule has 59 valence electrons. The van der Waals surface area contributed by atoms with E-state index in [9.17, 15) is 0 Å². The highest BCUT2D eigenvalue weighted by Crippen LogP contribution is 1.98. The summed E-state index contributed by atoms with van der Waals surface area (Å²) in [4.78, 5) is 0. The maximum atomic E-state index is 3.62. The molecule has 0 fully saturated rings. The van der Waals surface area contributed by atoms with E-state index in [0.717, 1.165) is 0 Å². The zero-order chi connectivity index (χ0) is 8.23. The van der Waals surface area contributed by atoms with Gasteiger partial charge in [0.1, 0.15) is 0 Å². The standard InChI is InChI=1S/C3H2N9/c1-4-7-3(8-5-1)12-2-6-9-10-11-12/h1H,(H,9,11). The van der Waals surface area contributed by atoms with Crippen LogP contribution >= 0.6 is 0 Å². The lowest BCUT2D eigenvalue weighted by Crippen LogP contribution is -2.35. The number of hydrogen-bond donors (Lipinski definition) is 1. The van der Waals surface area contributed by atoms with Crippen molar-refractivity contribution in [3.8, 4) is 0 Å². The molecule has 0 saturated heterocycles. The van der Waals surface area contributed by atoms with Crippen LogP contribution in [0, 0.1) is 0 Å². The molecule has 0 aliphatic carbocycles. The number of hydrogen-bond acceptors (Lipinski definition) is 9. The summed E-state index contributed by atoms with van der Waals surface area (Å²) in [5, 5.41) is 25.4. The van der Waals surface area contributed by atoms with Crippen LogP contribution in [0.4, 0.5) is 5.95 Å². The zero-order valence-electron chi connectivity index (χ0n) is 5.66. The van der Waals surface area contributed by atoms with Gasteiger partial charge in [-0.25, -0.2) is 0 Å². The van der Waals surface area contributed by atoms with Gasteiger partial charge in [-0.1, -0.05) is 0 Å². The molecule has 2 rings (SSSR count). The van der Waals surface area contributed by atoms with E-state index in [0.29, 0.717) is 0 Å². The Morgan fingerprint density at radius 3 is 2.83 bits per heavy atom. The number of anilines is 1. The largest absolute Gasteiger partial charge is 0.290 e. The Morgan fingerprint density at radius 2 is 2.17 bits per heavy atom. The monoisotopic (exact) mass is 164 g/mol. The third-order valence-electron chi connectivity index (χ3n) is 0.977. The highest BCUT2D eigenvalue weighted by molar-refractivity contribution is 5.73. The van der Waals surface area contributed by atoms with Crippen molar-refractivity contribution in [2.75, 3.05) is 5.01 Å². The molecule has 9 heteroatoms. The van der Waals surface area contributed by atoms with Gasteiger partial charge in [0, 0.05) is 0 Å². The SMILES string of the molecule is [C]1=NN=NNN1c1nncnn1. The summed E-state index contributed by atoms with van der Waals surface area (Å²) >= 11 is 0. The molecule has 0 aromatic carbocycles. The lowest BCUT2D eigenvalue weighted by Gasteiger charge is -2.12. The first kappa shape index (κ1) is 6.52. The van der Waals surface area contributed by atoms with Crippen LogP contribution in [-0.2, 0) is 0 Å². The van der Waals surface area contributed by atoms with Crippen LogP contribution in [-0.4, -0.2) is 26.7 Å². The summed E-state index contributed by atoms with van der Waals surface area (Å²) in [5.41, 5.74) is 2.42. The van der Waals surface area contributed by atoms with E-state index in [-0.39, 0.29) is 5.95 Å². The molecule has 1 aromatic heterocycles. The molecule has 1 radical (unpaired) electrons. The molecule has 0 unspecified atom stereocenters. The highest BCUT2D eigenvalue weighted by atomic mass is 15.8. The van der Waals surface area contributed by atoms with Gasteiger partial charge in [-0.2, -0.15) is 10.5 Å². The van der Waals surface area contributed by atoms with Gasteiger partial charge < -0.3 is 0 Å². The van der Waals surface area contributed by atoms with E-state index in [2.05, 4.69) is 47.8 Å². The third kappa shape index (κ3) is 1.14. The van der Waals surface area contributed by atoms with Gasteiger partial charge in [0.15, 0.2) is 6.33 Å². The zero-order valence-corrected chi connectivity index (χ0v) is 5.66.